The number of H-pyrrole nitrogens is 1. The van der Waals surface area contributed by atoms with Gasteiger partial charge in [-0.3, -0.25) is 9.69 Å². The standard InChI is InChI=1S/C15H26N4O2/c1-11(2)8-19-6-7-21-13(9-19)4-5-16-15(20)14-12(3)17-10-18-14/h10-11,13H,4-9H2,1-3H3,(H,16,20)(H,17,18). The zero-order chi connectivity index (χ0) is 15.2. The predicted molar refractivity (Wildman–Crippen MR) is 81.3 cm³/mol. The van der Waals surface area contributed by atoms with Crippen LogP contribution in [-0.2, 0) is 4.74 Å². The summed E-state index contributed by atoms with van der Waals surface area (Å²) in [6.07, 6.45) is 2.58. The van der Waals surface area contributed by atoms with E-state index in [9.17, 15) is 4.79 Å². The molecule has 1 aromatic rings. The van der Waals surface area contributed by atoms with E-state index in [1.54, 1.807) is 0 Å². The van der Waals surface area contributed by atoms with Crippen LogP contribution in [-0.4, -0.2) is 59.7 Å². The van der Waals surface area contributed by atoms with Crippen LogP contribution >= 0.6 is 0 Å². The lowest BCUT2D eigenvalue weighted by atomic mass is 10.1. The molecule has 0 spiro atoms. The topological polar surface area (TPSA) is 70.2 Å². The van der Waals surface area contributed by atoms with Gasteiger partial charge in [-0.15, -0.1) is 0 Å². The Labute approximate surface area is 126 Å². The third kappa shape index (κ3) is 4.82. The van der Waals surface area contributed by atoms with E-state index < -0.39 is 0 Å². The third-order valence-corrected chi connectivity index (χ3v) is 3.64. The number of morpholine rings is 1. The lowest BCUT2D eigenvalue weighted by Crippen LogP contribution is -2.45. The van der Waals surface area contributed by atoms with Gasteiger partial charge in [0.25, 0.3) is 5.91 Å². The average molecular weight is 294 g/mol. The van der Waals surface area contributed by atoms with Gasteiger partial charge in [0.05, 0.1) is 19.0 Å². The van der Waals surface area contributed by atoms with Gasteiger partial charge >= 0.3 is 0 Å². The summed E-state index contributed by atoms with van der Waals surface area (Å²) < 4.78 is 5.77. The number of hydrogen-bond acceptors (Lipinski definition) is 4. The van der Waals surface area contributed by atoms with Gasteiger partial charge in [0, 0.05) is 31.9 Å². The Balaban J connectivity index is 1.71. The maximum absolute atomic E-state index is 11.9. The molecule has 1 aliphatic heterocycles. The highest BCUT2D eigenvalue weighted by atomic mass is 16.5. The normalized spacial score (nSPS) is 19.9. The van der Waals surface area contributed by atoms with Crippen LogP contribution in [0.25, 0.3) is 0 Å². The number of carbonyl (C=O) groups excluding carboxylic acids is 1. The second-order valence-corrected chi connectivity index (χ2v) is 6.07. The fraction of sp³-hybridized carbons (Fsp3) is 0.733. The van der Waals surface area contributed by atoms with Gasteiger partial charge in [-0.1, -0.05) is 13.8 Å². The molecule has 1 fully saturated rings. The summed E-state index contributed by atoms with van der Waals surface area (Å²) >= 11 is 0. The highest BCUT2D eigenvalue weighted by Crippen LogP contribution is 2.10. The molecule has 0 radical (unpaired) electrons. The van der Waals surface area contributed by atoms with Gasteiger partial charge in [-0.25, -0.2) is 4.98 Å². The van der Waals surface area contributed by atoms with Crippen LogP contribution in [0.2, 0.25) is 0 Å². The molecule has 1 amide bonds. The summed E-state index contributed by atoms with van der Waals surface area (Å²) in [4.78, 5) is 21.3. The Morgan fingerprint density at radius 2 is 2.43 bits per heavy atom. The number of aromatic amines is 1. The lowest BCUT2D eigenvalue weighted by Gasteiger charge is -2.33. The van der Waals surface area contributed by atoms with E-state index in [0.717, 1.165) is 38.4 Å². The minimum Gasteiger partial charge on any atom is -0.375 e. The molecule has 1 saturated heterocycles. The van der Waals surface area contributed by atoms with Crippen molar-refractivity contribution in [2.45, 2.75) is 33.3 Å². The lowest BCUT2D eigenvalue weighted by molar-refractivity contribution is -0.0344. The maximum Gasteiger partial charge on any atom is 0.271 e. The molecule has 1 atom stereocenters. The molecule has 6 nitrogen and oxygen atoms in total. The van der Waals surface area contributed by atoms with Gasteiger partial charge in [0.1, 0.15) is 5.69 Å². The summed E-state index contributed by atoms with van der Waals surface area (Å²) in [5.74, 6) is 0.551. The van der Waals surface area contributed by atoms with Crippen molar-refractivity contribution in [2.75, 3.05) is 32.8 Å². The minimum absolute atomic E-state index is 0.122. The molecule has 6 heteroatoms. The van der Waals surface area contributed by atoms with Crippen LogP contribution in [0.3, 0.4) is 0 Å². The van der Waals surface area contributed by atoms with E-state index in [-0.39, 0.29) is 12.0 Å². The molecule has 2 N–H and O–H groups in total. The SMILES string of the molecule is Cc1[nH]cnc1C(=O)NCCC1CN(CC(C)C)CCO1. The molecule has 0 aliphatic carbocycles. The number of ether oxygens (including phenoxy) is 1. The van der Waals surface area contributed by atoms with Gasteiger partial charge in [-0.05, 0) is 19.3 Å². The Bertz CT molecular complexity index is 458. The number of nitrogens with zero attached hydrogens (tertiary/aromatic N) is 2. The van der Waals surface area contributed by atoms with Crippen molar-refractivity contribution in [3.8, 4) is 0 Å². The number of carbonyl (C=O) groups is 1. The monoisotopic (exact) mass is 294 g/mol. The highest BCUT2D eigenvalue weighted by molar-refractivity contribution is 5.93. The van der Waals surface area contributed by atoms with Crippen LogP contribution in [0, 0.1) is 12.8 Å². The number of hydrogen-bond donors (Lipinski definition) is 2. The van der Waals surface area contributed by atoms with Crippen LogP contribution in [0.15, 0.2) is 6.33 Å². The number of aromatic nitrogens is 2. The van der Waals surface area contributed by atoms with Gasteiger partial charge in [0.15, 0.2) is 0 Å². The number of nitrogens with one attached hydrogen (secondary N) is 2. The zero-order valence-corrected chi connectivity index (χ0v) is 13.2. The van der Waals surface area contributed by atoms with E-state index in [1.165, 1.54) is 6.33 Å². The van der Waals surface area contributed by atoms with Gasteiger partial charge in [0.2, 0.25) is 0 Å². The molecule has 0 saturated carbocycles. The first-order valence-electron chi connectivity index (χ1n) is 7.68. The molecule has 21 heavy (non-hydrogen) atoms. The van der Waals surface area contributed by atoms with Crippen molar-refractivity contribution in [1.82, 2.24) is 20.2 Å². The van der Waals surface area contributed by atoms with Gasteiger partial charge in [-0.2, -0.15) is 0 Å². The number of amides is 1. The van der Waals surface area contributed by atoms with Crippen molar-refractivity contribution in [3.05, 3.63) is 17.7 Å². The fourth-order valence-electron chi connectivity index (χ4n) is 2.66. The molecule has 118 valence electrons. The van der Waals surface area contributed by atoms with Crippen LogP contribution in [0.5, 0.6) is 0 Å². The highest BCUT2D eigenvalue weighted by Gasteiger charge is 2.21. The number of imidazole rings is 1. The van der Waals surface area contributed by atoms with E-state index in [1.807, 2.05) is 6.92 Å². The molecule has 2 heterocycles. The first kappa shape index (κ1) is 16.0. The number of aryl methyl sites for hydroxylation is 1. The summed E-state index contributed by atoms with van der Waals surface area (Å²) in [7, 11) is 0. The fourth-order valence-corrected chi connectivity index (χ4v) is 2.66. The minimum atomic E-state index is -0.122. The van der Waals surface area contributed by atoms with Crippen molar-refractivity contribution in [3.63, 3.8) is 0 Å². The summed E-state index contributed by atoms with van der Waals surface area (Å²) in [5.41, 5.74) is 1.27. The molecule has 0 aromatic carbocycles. The first-order valence-corrected chi connectivity index (χ1v) is 7.68. The van der Waals surface area contributed by atoms with E-state index in [2.05, 4.69) is 34.0 Å². The Kier molecular flexibility index (Phi) is 5.76. The quantitative estimate of drug-likeness (QED) is 0.827. The predicted octanol–water partition coefficient (Wildman–Crippen LogP) is 1.19. The van der Waals surface area contributed by atoms with Crippen LogP contribution < -0.4 is 5.32 Å². The van der Waals surface area contributed by atoms with E-state index >= 15 is 0 Å². The molecular formula is C15H26N4O2. The van der Waals surface area contributed by atoms with Crippen LogP contribution in [0.1, 0.15) is 36.5 Å². The first-order chi connectivity index (χ1) is 10.1. The smallest absolute Gasteiger partial charge is 0.271 e. The van der Waals surface area contributed by atoms with Crippen molar-refractivity contribution in [1.29, 1.82) is 0 Å². The molecule has 1 aliphatic rings. The average Bonchev–Trinajstić information content (AvgIpc) is 2.84. The summed E-state index contributed by atoms with van der Waals surface area (Å²) in [6, 6.07) is 0. The maximum atomic E-state index is 11.9. The van der Waals surface area contributed by atoms with E-state index in [4.69, 9.17) is 4.74 Å². The Hall–Kier alpha value is -1.40. The third-order valence-electron chi connectivity index (χ3n) is 3.64. The van der Waals surface area contributed by atoms with Crippen LogP contribution in [0.4, 0.5) is 0 Å². The van der Waals surface area contributed by atoms with Crippen molar-refractivity contribution >= 4 is 5.91 Å². The molecular weight excluding hydrogens is 268 g/mol. The zero-order valence-electron chi connectivity index (χ0n) is 13.2. The summed E-state index contributed by atoms with van der Waals surface area (Å²) in [5, 5.41) is 2.91. The second-order valence-electron chi connectivity index (χ2n) is 6.07. The van der Waals surface area contributed by atoms with Crippen molar-refractivity contribution in [2.24, 2.45) is 5.92 Å². The molecule has 2 rings (SSSR count). The molecule has 1 aromatic heterocycles. The van der Waals surface area contributed by atoms with Crippen molar-refractivity contribution < 1.29 is 9.53 Å². The Morgan fingerprint density at radius 3 is 3.10 bits per heavy atom. The molecule has 0 bridgehead atoms. The van der Waals surface area contributed by atoms with E-state index in [0.29, 0.717) is 18.2 Å². The second kappa shape index (κ2) is 7.56. The Morgan fingerprint density at radius 1 is 1.62 bits per heavy atom. The van der Waals surface area contributed by atoms with Gasteiger partial charge < -0.3 is 15.0 Å². The largest absolute Gasteiger partial charge is 0.375 e. The molecule has 1 unspecified atom stereocenters. The summed E-state index contributed by atoms with van der Waals surface area (Å²) in [6.45, 7) is 10.8. The number of rotatable bonds is 6.